The number of hydrogen-bond donors (Lipinski definition) is 2. The van der Waals surface area contributed by atoms with Crippen molar-refractivity contribution in [2.24, 2.45) is 11.8 Å². The van der Waals surface area contributed by atoms with E-state index in [0.717, 1.165) is 13.0 Å². The summed E-state index contributed by atoms with van der Waals surface area (Å²) in [6, 6.07) is 17.7. The average Bonchev–Trinajstić information content (AvgIpc) is 2.66. The molecule has 0 radical (unpaired) electrons. The van der Waals surface area contributed by atoms with Gasteiger partial charge in [0.05, 0.1) is 0 Å². The van der Waals surface area contributed by atoms with Gasteiger partial charge in [-0.25, -0.2) is 0 Å². The van der Waals surface area contributed by atoms with E-state index in [9.17, 15) is 4.79 Å². The van der Waals surface area contributed by atoms with E-state index >= 15 is 0 Å². The zero-order chi connectivity index (χ0) is 17.4. The molecule has 2 bridgehead atoms. The first kappa shape index (κ1) is 16.3. The molecule has 0 heterocycles. The maximum atomic E-state index is 12.3. The van der Waals surface area contributed by atoms with Gasteiger partial charge in [-0.05, 0) is 41.6 Å². The van der Waals surface area contributed by atoms with Crippen LogP contribution in [0.25, 0.3) is 0 Å². The molecule has 3 nitrogen and oxygen atoms in total. The van der Waals surface area contributed by atoms with E-state index in [1.54, 1.807) is 0 Å². The Labute approximate surface area is 149 Å². The summed E-state index contributed by atoms with van der Waals surface area (Å²) < 4.78 is 0. The summed E-state index contributed by atoms with van der Waals surface area (Å²) in [5, 5.41) is 6.28. The summed E-state index contributed by atoms with van der Waals surface area (Å²) in [6.45, 7) is 3.45. The van der Waals surface area contributed by atoms with Crippen LogP contribution in [-0.2, 0) is 4.79 Å². The number of rotatable bonds is 5. The van der Waals surface area contributed by atoms with Crippen LogP contribution in [0, 0.1) is 11.8 Å². The van der Waals surface area contributed by atoms with Crippen molar-refractivity contribution in [2.45, 2.75) is 25.2 Å². The van der Waals surface area contributed by atoms with Gasteiger partial charge < -0.3 is 10.6 Å². The third-order valence-corrected chi connectivity index (χ3v) is 5.92. The van der Waals surface area contributed by atoms with Crippen LogP contribution in [0.3, 0.4) is 0 Å². The molecule has 3 aliphatic carbocycles. The predicted octanol–water partition coefficient (Wildman–Crippen LogP) is 3.26. The second-order valence-corrected chi connectivity index (χ2v) is 7.49. The lowest BCUT2D eigenvalue weighted by Crippen LogP contribution is -2.42. The first-order valence-electron chi connectivity index (χ1n) is 9.30. The molecule has 0 aliphatic heterocycles. The Morgan fingerprint density at radius 2 is 1.60 bits per heavy atom. The summed E-state index contributed by atoms with van der Waals surface area (Å²) >= 11 is 0. The van der Waals surface area contributed by atoms with Gasteiger partial charge >= 0.3 is 0 Å². The quantitative estimate of drug-likeness (QED) is 0.881. The molecule has 0 spiro atoms. The predicted molar refractivity (Wildman–Crippen MR) is 101 cm³/mol. The van der Waals surface area contributed by atoms with Crippen LogP contribution in [0.15, 0.2) is 48.5 Å². The SMILES string of the molecule is CNCC(C)C(=O)NCC1CC2c3ccccc3C1c1ccccc12. The summed E-state index contributed by atoms with van der Waals surface area (Å²) in [5.74, 6) is 1.49. The maximum Gasteiger partial charge on any atom is 0.224 e. The van der Waals surface area contributed by atoms with Crippen molar-refractivity contribution in [1.82, 2.24) is 10.6 Å². The third kappa shape index (κ3) is 2.77. The van der Waals surface area contributed by atoms with Crippen molar-refractivity contribution in [2.75, 3.05) is 20.1 Å². The number of benzene rings is 2. The Kier molecular flexibility index (Phi) is 4.34. The minimum atomic E-state index is 0.00495. The zero-order valence-corrected chi connectivity index (χ0v) is 15.0. The molecule has 2 aromatic rings. The molecule has 0 saturated heterocycles. The third-order valence-electron chi connectivity index (χ3n) is 5.92. The van der Waals surface area contributed by atoms with Crippen LogP contribution in [0.1, 0.15) is 47.4 Å². The van der Waals surface area contributed by atoms with Gasteiger partial charge in [0, 0.05) is 30.8 Å². The Bertz CT molecular complexity index is 738. The van der Waals surface area contributed by atoms with Gasteiger partial charge in [-0.2, -0.15) is 0 Å². The van der Waals surface area contributed by atoms with E-state index in [1.807, 2.05) is 14.0 Å². The largest absolute Gasteiger partial charge is 0.356 e. The van der Waals surface area contributed by atoms with Gasteiger partial charge in [0.25, 0.3) is 0 Å². The number of nitrogens with one attached hydrogen (secondary N) is 2. The Morgan fingerprint density at radius 3 is 2.16 bits per heavy atom. The minimum Gasteiger partial charge on any atom is -0.356 e. The molecule has 3 heteroatoms. The number of carbonyl (C=O) groups excluding carboxylic acids is 1. The number of carbonyl (C=O) groups is 1. The number of fused-ring (bicyclic) bond motifs is 1. The van der Waals surface area contributed by atoms with Gasteiger partial charge in [-0.15, -0.1) is 0 Å². The first-order valence-corrected chi connectivity index (χ1v) is 9.30. The van der Waals surface area contributed by atoms with Crippen molar-refractivity contribution < 1.29 is 4.79 Å². The van der Waals surface area contributed by atoms with Crippen LogP contribution >= 0.6 is 0 Å². The highest BCUT2D eigenvalue weighted by molar-refractivity contribution is 5.78. The van der Waals surface area contributed by atoms with Gasteiger partial charge in [0.15, 0.2) is 0 Å². The highest BCUT2D eigenvalue weighted by Gasteiger charge is 2.42. The molecule has 130 valence electrons. The molecule has 2 N–H and O–H groups in total. The average molecular weight is 334 g/mol. The highest BCUT2D eigenvalue weighted by atomic mass is 16.1. The Morgan fingerprint density at radius 1 is 1.04 bits per heavy atom. The molecule has 2 atom stereocenters. The van der Waals surface area contributed by atoms with Crippen molar-refractivity contribution >= 4 is 5.91 Å². The first-order chi connectivity index (χ1) is 12.2. The molecule has 3 aliphatic rings. The van der Waals surface area contributed by atoms with Crippen LogP contribution in [0.4, 0.5) is 0 Å². The van der Waals surface area contributed by atoms with E-state index in [1.165, 1.54) is 22.3 Å². The topological polar surface area (TPSA) is 41.1 Å². The van der Waals surface area contributed by atoms with Crippen LogP contribution in [-0.4, -0.2) is 26.0 Å². The normalized spacial score (nSPS) is 24.3. The van der Waals surface area contributed by atoms with Crippen LogP contribution < -0.4 is 10.6 Å². The summed E-state index contributed by atoms with van der Waals surface area (Å²) in [4.78, 5) is 12.3. The molecule has 1 amide bonds. The van der Waals surface area contributed by atoms with Crippen LogP contribution in [0.2, 0.25) is 0 Å². The molecule has 5 rings (SSSR count). The highest BCUT2D eigenvalue weighted by Crippen LogP contribution is 2.55. The lowest BCUT2D eigenvalue weighted by atomic mass is 9.59. The smallest absolute Gasteiger partial charge is 0.224 e. The van der Waals surface area contributed by atoms with Gasteiger partial charge in [-0.1, -0.05) is 55.5 Å². The van der Waals surface area contributed by atoms with Gasteiger partial charge in [0.1, 0.15) is 0 Å². The Balaban J connectivity index is 1.60. The van der Waals surface area contributed by atoms with Crippen LogP contribution in [0.5, 0.6) is 0 Å². The molecule has 0 fully saturated rings. The second-order valence-electron chi connectivity index (χ2n) is 7.49. The van der Waals surface area contributed by atoms with Crippen molar-refractivity contribution in [1.29, 1.82) is 0 Å². The lowest BCUT2D eigenvalue weighted by molar-refractivity contribution is -0.124. The zero-order valence-electron chi connectivity index (χ0n) is 15.0. The monoisotopic (exact) mass is 334 g/mol. The van der Waals surface area contributed by atoms with Crippen molar-refractivity contribution in [3.8, 4) is 0 Å². The van der Waals surface area contributed by atoms with E-state index in [4.69, 9.17) is 0 Å². The molecule has 25 heavy (non-hydrogen) atoms. The number of hydrogen-bond acceptors (Lipinski definition) is 2. The van der Waals surface area contributed by atoms with Gasteiger partial charge in [-0.3, -0.25) is 4.79 Å². The van der Waals surface area contributed by atoms with E-state index in [0.29, 0.717) is 24.3 Å². The minimum absolute atomic E-state index is 0.00495. The molecule has 0 aromatic heterocycles. The lowest BCUT2D eigenvalue weighted by Gasteiger charge is -2.45. The molecule has 0 saturated carbocycles. The fraction of sp³-hybridized carbons (Fsp3) is 0.409. The molecule has 2 aromatic carbocycles. The molecule has 2 unspecified atom stereocenters. The van der Waals surface area contributed by atoms with Crippen molar-refractivity contribution in [3.63, 3.8) is 0 Å². The standard InChI is InChI=1S/C22H26N2O/c1-14(12-23-2)22(25)24-13-15-11-20-16-7-3-5-9-18(16)21(15)19-10-6-4-8-17(19)20/h3-10,14-15,20-21,23H,11-13H2,1-2H3,(H,24,25). The van der Waals surface area contributed by atoms with E-state index in [2.05, 4.69) is 59.2 Å². The summed E-state index contributed by atoms with van der Waals surface area (Å²) in [6.07, 6.45) is 1.12. The summed E-state index contributed by atoms with van der Waals surface area (Å²) in [7, 11) is 1.89. The van der Waals surface area contributed by atoms with E-state index < -0.39 is 0 Å². The van der Waals surface area contributed by atoms with Crippen molar-refractivity contribution in [3.05, 3.63) is 70.8 Å². The van der Waals surface area contributed by atoms with Gasteiger partial charge in [0.2, 0.25) is 5.91 Å². The molecular formula is C22H26N2O. The fourth-order valence-corrected chi connectivity index (χ4v) is 4.76. The Hall–Kier alpha value is -2.13. The second kappa shape index (κ2) is 6.64. The van der Waals surface area contributed by atoms with E-state index in [-0.39, 0.29) is 11.8 Å². The summed E-state index contributed by atoms with van der Waals surface area (Å²) in [5.41, 5.74) is 5.88. The fourth-order valence-electron chi connectivity index (χ4n) is 4.76. The number of amides is 1. The molecular weight excluding hydrogens is 308 g/mol. The maximum absolute atomic E-state index is 12.3.